The highest BCUT2D eigenvalue weighted by atomic mass is 32.2. The van der Waals surface area contributed by atoms with Crippen LogP contribution in [0.3, 0.4) is 0 Å². The summed E-state index contributed by atoms with van der Waals surface area (Å²) in [5.74, 6) is -0.0559. The molecule has 1 saturated heterocycles. The van der Waals surface area contributed by atoms with E-state index in [4.69, 9.17) is 0 Å². The van der Waals surface area contributed by atoms with E-state index >= 15 is 0 Å². The lowest BCUT2D eigenvalue weighted by Crippen LogP contribution is -2.39. The largest absolute Gasteiger partial charge is 0.339 e. The third kappa shape index (κ3) is 5.52. The molecular formula is C25H25N3O2S. The summed E-state index contributed by atoms with van der Waals surface area (Å²) in [6.07, 6.45) is 3.65. The van der Waals surface area contributed by atoms with Gasteiger partial charge < -0.3 is 10.2 Å². The van der Waals surface area contributed by atoms with Crippen molar-refractivity contribution in [3.8, 4) is 11.3 Å². The Morgan fingerprint density at radius 1 is 0.968 bits per heavy atom. The Morgan fingerprint density at radius 2 is 1.68 bits per heavy atom. The molecule has 1 N–H and O–H groups in total. The summed E-state index contributed by atoms with van der Waals surface area (Å²) < 4.78 is 0. The third-order valence-electron chi connectivity index (χ3n) is 5.29. The van der Waals surface area contributed by atoms with Gasteiger partial charge in [-0.3, -0.25) is 14.6 Å². The van der Waals surface area contributed by atoms with Crippen LogP contribution in [0.25, 0.3) is 11.3 Å². The summed E-state index contributed by atoms with van der Waals surface area (Å²) in [6, 6.07) is 21.7. The fourth-order valence-corrected chi connectivity index (χ4v) is 4.82. The van der Waals surface area contributed by atoms with Gasteiger partial charge in [0.2, 0.25) is 5.91 Å². The number of hydrogen-bond acceptors (Lipinski definition) is 4. The van der Waals surface area contributed by atoms with Crippen molar-refractivity contribution < 1.29 is 9.59 Å². The van der Waals surface area contributed by atoms with E-state index in [1.165, 1.54) is 11.8 Å². The van der Waals surface area contributed by atoms with Crippen LogP contribution in [0.2, 0.25) is 0 Å². The van der Waals surface area contributed by atoms with E-state index < -0.39 is 0 Å². The van der Waals surface area contributed by atoms with Gasteiger partial charge in [-0.15, -0.1) is 11.8 Å². The van der Waals surface area contributed by atoms with Crippen molar-refractivity contribution in [1.82, 2.24) is 9.88 Å². The molecule has 2 aromatic carbocycles. The smallest absolute Gasteiger partial charge is 0.255 e. The predicted molar refractivity (Wildman–Crippen MR) is 125 cm³/mol. The fraction of sp³-hybridized carbons (Fsp3) is 0.240. The molecule has 0 radical (unpaired) electrons. The molecule has 0 atom stereocenters. The van der Waals surface area contributed by atoms with E-state index in [1.54, 1.807) is 6.20 Å². The molecule has 1 aliphatic rings. The molecule has 1 aliphatic heterocycles. The molecule has 2 amide bonds. The lowest BCUT2D eigenvalue weighted by Gasteiger charge is -2.31. The Kier molecular flexibility index (Phi) is 6.67. The highest BCUT2D eigenvalue weighted by Crippen LogP contribution is 2.30. The van der Waals surface area contributed by atoms with Gasteiger partial charge >= 0.3 is 0 Å². The number of carbonyl (C=O) groups excluding carboxylic acids is 2. The van der Waals surface area contributed by atoms with Gasteiger partial charge in [0.25, 0.3) is 5.91 Å². The van der Waals surface area contributed by atoms with Gasteiger partial charge in [-0.2, -0.15) is 0 Å². The van der Waals surface area contributed by atoms with Crippen molar-refractivity contribution in [2.24, 2.45) is 0 Å². The number of hydrogen-bond donors (Lipinski definition) is 1. The molecule has 3 aromatic rings. The van der Waals surface area contributed by atoms with Gasteiger partial charge in [0.15, 0.2) is 0 Å². The van der Waals surface area contributed by atoms with Crippen LogP contribution in [0.5, 0.6) is 0 Å². The first-order valence-corrected chi connectivity index (χ1v) is 11.3. The number of thioether (sulfide) groups is 1. The summed E-state index contributed by atoms with van der Waals surface area (Å²) >= 11 is 1.90. The number of nitrogens with one attached hydrogen (secondary N) is 1. The first kappa shape index (κ1) is 21.1. The molecule has 4 rings (SSSR count). The maximum atomic E-state index is 12.9. The Balaban J connectivity index is 1.34. The summed E-state index contributed by atoms with van der Waals surface area (Å²) in [5.41, 5.74) is 3.10. The minimum absolute atomic E-state index is 0.0446. The van der Waals surface area contributed by atoms with Gasteiger partial charge in [-0.1, -0.05) is 30.3 Å². The van der Waals surface area contributed by atoms with Crippen molar-refractivity contribution >= 4 is 29.3 Å². The topological polar surface area (TPSA) is 62.3 Å². The number of aromatic nitrogens is 1. The molecule has 0 unspecified atom stereocenters. The van der Waals surface area contributed by atoms with E-state index in [-0.39, 0.29) is 11.8 Å². The summed E-state index contributed by atoms with van der Waals surface area (Å²) in [6.45, 7) is 3.03. The zero-order valence-corrected chi connectivity index (χ0v) is 18.3. The van der Waals surface area contributed by atoms with Crippen molar-refractivity contribution in [1.29, 1.82) is 0 Å². The van der Waals surface area contributed by atoms with E-state index in [0.717, 1.165) is 42.9 Å². The molecule has 0 spiro atoms. The minimum atomic E-state index is -0.101. The van der Waals surface area contributed by atoms with Crippen LogP contribution < -0.4 is 5.32 Å². The van der Waals surface area contributed by atoms with Gasteiger partial charge in [-0.05, 0) is 49.2 Å². The molecule has 6 heteroatoms. The normalized spacial score (nSPS) is 14.3. The van der Waals surface area contributed by atoms with Crippen LogP contribution in [-0.2, 0) is 4.79 Å². The predicted octanol–water partition coefficient (Wildman–Crippen LogP) is 5.10. The second-order valence-corrected chi connectivity index (χ2v) is 8.99. The Morgan fingerprint density at radius 3 is 2.29 bits per heavy atom. The Bertz CT molecular complexity index is 1030. The van der Waals surface area contributed by atoms with Crippen LogP contribution in [-0.4, -0.2) is 40.0 Å². The second kappa shape index (κ2) is 9.79. The highest BCUT2D eigenvalue weighted by molar-refractivity contribution is 8.00. The lowest BCUT2D eigenvalue weighted by atomic mass is 10.1. The number of anilines is 1. The summed E-state index contributed by atoms with van der Waals surface area (Å²) in [4.78, 5) is 31.7. The van der Waals surface area contributed by atoms with Crippen molar-refractivity contribution in [3.05, 3.63) is 78.5 Å². The second-order valence-electron chi connectivity index (χ2n) is 7.61. The van der Waals surface area contributed by atoms with Crippen LogP contribution in [0, 0.1) is 0 Å². The van der Waals surface area contributed by atoms with E-state index in [2.05, 4.69) is 34.6 Å². The molecule has 0 aliphatic carbocycles. The number of benzene rings is 2. The van der Waals surface area contributed by atoms with Gasteiger partial charge in [0.05, 0.1) is 11.3 Å². The Hall–Kier alpha value is -3.12. The number of pyridine rings is 1. The average Bonchev–Trinajstić information content (AvgIpc) is 2.80. The zero-order chi connectivity index (χ0) is 21.6. The lowest BCUT2D eigenvalue weighted by molar-refractivity contribution is -0.114. The molecule has 31 heavy (non-hydrogen) atoms. The van der Waals surface area contributed by atoms with Crippen LogP contribution in [0.15, 0.2) is 77.8 Å². The summed E-state index contributed by atoms with van der Waals surface area (Å²) in [5, 5.41) is 3.30. The average molecular weight is 432 g/mol. The SMILES string of the molecule is CC(=O)Nc1ccc(-c2ccc(C(=O)N3CCC(Sc4ccccc4)CC3)cn2)cc1. The molecule has 0 bridgehead atoms. The van der Waals surface area contributed by atoms with Crippen LogP contribution in [0.4, 0.5) is 5.69 Å². The number of amides is 2. The monoisotopic (exact) mass is 431 g/mol. The third-order valence-corrected chi connectivity index (χ3v) is 6.64. The highest BCUT2D eigenvalue weighted by Gasteiger charge is 2.24. The van der Waals surface area contributed by atoms with Gasteiger partial charge in [0.1, 0.15) is 0 Å². The van der Waals surface area contributed by atoms with Crippen LogP contribution in [0.1, 0.15) is 30.1 Å². The van der Waals surface area contributed by atoms with E-state index in [0.29, 0.717) is 10.8 Å². The van der Waals surface area contributed by atoms with E-state index in [9.17, 15) is 9.59 Å². The Labute approximate surface area is 186 Å². The number of piperidine rings is 1. The first-order chi connectivity index (χ1) is 15.1. The first-order valence-electron chi connectivity index (χ1n) is 10.4. The number of rotatable bonds is 5. The summed E-state index contributed by atoms with van der Waals surface area (Å²) in [7, 11) is 0. The standard InChI is InChI=1S/C25H25N3O2S/c1-18(29)27-21-10-7-19(8-11-21)24-12-9-20(17-26-24)25(30)28-15-13-23(14-16-28)31-22-5-3-2-4-6-22/h2-12,17,23H,13-16H2,1H3,(H,27,29). The van der Waals surface area contributed by atoms with Gasteiger partial charge in [0, 0.05) is 47.6 Å². The van der Waals surface area contributed by atoms with Crippen LogP contribution >= 0.6 is 11.8 Å². The molecular weight excluding hydrogens is 406 g/mol. The molecule has 1 fully saturated rings. The van der Waals surface area contributed by atoms with Crippen molar-refractivity contribution in [2.45, 2.75) is 29.9 Å². The molecule has 158 valence electrons. The zero-order valence-electron chi connectivity index (χ0n) is 17.5. The van der Waals surface area contributed by atoms with Gasteiger partial charge in [-0.25, -0.2) is 0 Å². The van der Waals surface area contributed by atoms with E-state index in [1.807, 2.05) is 59.1 Å². The number of carbonyl (C=O) groups is 2. The minimum Gasteiger partial charge on any atom is -0.339 e. The quantitative estimate of drug-likeness (QED) is 0.610. The molecule has 0 saturated carbocycles. The number of likely N-dealkylation sites (tertiary alicyclic amines) is 1. The number of nitrogens with zero attached hydrogens (tertiary/aromatic N) is 2. The maximum Gasteiger partial charge on any atom is 0.255 e. The molecule has 2 heterocycles. The fourth-order valence-electron chi connectivity index (χ4n) is 3.67. The maximum absolute atomic E-state index is 12.9. The van der Waals surface area contributed by atoms with Crippen molar-refractivity contribution in [3.63, 3.8) is 0 Å². The van der Waals surface area contributed by atoms with Crippen molar-refractivity contribution in [2.75, 3.05) is 18.4 Å². The molecule has 1 aromatic heterocycles. The molecule has 5 nitrogen and oxygen atoms in total.